The summed E-state index contributed by atoms with van der Waals surface area (Å²) in [5.41, 5.74) is 0. The molecular weight excluding hydrogens is 254 g/mol. The first-order valence-electron chi connectivity index (χ1n) is 6.22. The lowest BCUT2D eigenvalue weighted by Crippen LogP contribution is -2.44. The van der Waals surface area contributed by atoms with E-state index in [-0.39, 0.29) is 6.10 Å². The number of ether oxygens (including phenoxy) is 2. The number of halogens is 1. The molecule has 0 radical (unpaired) electrons. The van der Waals surface area contributed by atoms with Gasteiger partial charge in [0, 0.05) is 25.4 Å². The first-order chi connectivity index (χ1) is 8.83. The van der Waals surface area contributed by atoms with Gasteiger partial charge in [0.2, 0.25) is 11.8 Å². The van der Waals surface area contributed by atoms with Crippen molar-refractivity contribution in [3.8, 4) is 5.88 Å². The van der Waals surface area contributed by atoms with Gasteiger partial charge in [-0.2, -0.15) is 4.98 Å². The van der Waals surface area contributed by atoms with Crippen molar-refractivity contribution in [3.63, 3.8) is 0 Å². The van der Waals surface area contributed by atoms with E-state index in [0.29, 0.717) is 30.9 Å². The molecule has 100 valence electrons. The Labute approximate surface area is 112 Å². The number of morpholine rings is 1. The van der Waals surface area contributed by atoms with E-state index in [2.05, 4.69) is 21.8 Å². The van der Waals surface area contributed by atoms with E-state index in [1.165, 1.54) is 0 Å². The Bertz CT molecular complexity index is 378. The molecule has 1 atom stereocenters. The molecule has 0 aromatic carbocycles. The summed E-state index contributed by atoms with van der Waals surface area (Å²) in [5.74, 6) is 1.79. The molecule has 0 aliphatic carbocycles. The van der Waals surface area contributed by atoms with E-state index in [1.54, 1.807) is 12.3 Å². The zero-order valence-electron chi connectivity index (χ0n) is 10.5. The van der Waals surface area contributed by atoms with E-state index in [1.807, 2.05) is 0 Å². The van der Waals surface area contributed by atoms with Crippen molar-refractivity contribution in [3.05, 3.63) is 12.3 Å². The van der Waals surface area contributed by atoms with Crippen molar-refractivity contribution < 1.29 is 9.47 Å². The van der Waals surface area contributed by atoms with Gasteiger partial charge in [0.25, 0.3) is 0 Å². The molecule has 2 heterocycles. The molecule has 0 amide bonds. The van der Waals surface area contributed by atoms with Crippen LogP contribution in [0.5, 0.6) is 5.88 Å². The SMILES string of the molecule is CCCOc1ccnc(N2CCOC(CCl)C2)n1. The summed E-state index contributed by atoms with van der Waals surface area (Å²) in [7, 11) is 0. The van der Waals surface area contributed by atoms with E-state index in [4.69, 9.17) is 21.1 Å². The molecule has 1 unspecified atom stereocenters. The minimum Gasteiger partial charge on any atom is -0.478 e. The number of hydrogen-bond acceptors (Lipinski definition) is 5. The van der Waals surface area contributed by atoms with Crippen LogP contribution < -0.4 is 9.64 Å². The smallest absolute Gasteiger partial charge is 0.228 e. The second-order valence-corrected chi connectivity index (χ2v) is 4.45. The summed E-state index contributed by atoms with van der Waals surface area (Å²) in [5, 5.41) is 0. The fourth-order valence-electron chi connectivity index (χ4n) is 1.77. The van der Waals surface area contributed by atoms with Crippen LogP contribution in [0.2, 0.25) is 0 Å². The summed E-state index contributed by atoms with van der Waals surface area (Å²) in [6.07, 6.45) is 2.73. The Hall–Kier alpha value is -1.07. The maximum atomic E-state index is 5.82. The highest BCUT2D eigenvalue weighted by atomic mass is 35.5. The van der Waals surface area contributed by atoms with Crippen LogP contribution in [0, 0.1) is 0 Å². The summed E-state index contributed by atoms with van der Waals surface area (Å²) >= 11 is 5.82. The van der Waals surface area contributed by atoms with Gasteiger partial charge >= 0.3 is 0 Å². The molecule has 1 aromatic rings. The zero-order valence-corrected chi connectivity index (χ0v) is 11.3. The number of anilines is 1. The average Bonchev–Trinajstić information content (AvgIpc) is 2.45. The lowest BCUT2D eigenvalue weighted by atomic mass is 10.3. The second kappa shape index (κ2) is 6.75. The monoisotopic (exact) mass is 271 g/mol. The molecule has 0 bridgehead atoms. The fraction of sp³-hybridized carbons (Fsp3) is 0.667. The van der Waals surface area contributed by atoms with Crippen LogP contribution in [0.4, 0.5) is 5.95 Å². The molecule has 0 N–H and O–H groups in total. The molecule has 18 heavy (non-hydrogen) atoms. The lowest BCUT2D eigenvalue weighted by Gasteiger charge is -2.31. The van der Waals surface area contributed by atoms with Gasteiger partial charge in [0.05, 0.1) is 25.2 Å². The molecule has 0 saturated carbocycles. The normalized spacial score (nSPS) is 19.9. The molecule has 1 aliphatic heterocycles. The average molecular weight is 272 g/mol. The highest BCUT2D eigenvalue weighted by Gasteiger charge is 2.21. The Morgan fingerprint density at radius 2 is 2.50 bits per heavy atom. The molecule has 5 nitrogen and oxygen atoms in total. The molecule has 1 fully saturated rings. The van der Waals surface area contributed by atoms with Gasteiger partial charge in [-0.05, 0) is 6.42 Å². The molecular formula is C12H18ClN3O2. The maximum Gasteiger partial charge on any atom is 0.228 e. The topological polar surface area (TPSA) is 47.5 Å². The van der Waals surface area contributed by atoms with Gasteiger partial charge < -0.3 is 14.4 Å². The van der Waals surface area contributed by atoms with E-state index >= 15 is 0 Å². The Kier molecular flexibility index (Phi) is 5.01. The van der Waals surface area contributed by atoms with E-state index in [9.17, 15) is 0 Å². The van der Waals surface area contributed by atoms with Crippen molar-refractivity contribution in [2.45, 2.75) is 19.4 Å². The molecule has 0 spiro atoms. The van der Waals surface area contributed by atoms with Crippen LogP contribution in [0.15, 0.2) is 12.3 Å². The molecule has 1 saturated heterocycles. The highest BCUT2D eigenvalue weighted by molar-refractivity contribution is 6.18. The lowest BCUT2D eigenvalue weighted by molar-refractivity contribution is 0.0548. The number of aromatic nitrogens is 2. The van der Waals surface area contributed by atoms with Crippen LogP contribution in [0.3, 0.4) is 0 Å². The third-order valence-electron chi connectivity index (χ3n) is 2.67. The number of hydrogen-bond donors (Lipinski definition) is 0. The summed E-state index contributed by atoms with van der Waals surface area (Å²) < 4.78 is 11.0. The molecule has 1 aliphatic rings. The Morgan fingerprint density at radius 3 is 3.28 bits per heavy atom. The van der Waals surface area contributed by atoms with E-state index < -0.39 is 0 Å². The van der Waals surface area contributed by atoms with Crippen LogP contribution in [0.25, 0.3) is 0 Å². The van der Waals surface area contributed by atoms with Gasteiger partial charge in [0.1, 0.15) is 0 Å². The minimum atomic E-state index is 0.0456. The minimum absolute atomic E-state index is 0.0456. The molecule has 6 heteroatoms. The third kappa shape index (κ3) is 3.46. The first kappa shape index (κ1) is 13.4. The third-order valence-corrected chi connectivity index (χ3v) is 3.01. The standard InChI is InChI=1S/C12H18ClN3O2/c1-2-6-18-11-3-4-14-12(15-11)16-5-7-17-10(8-13)9-16/h3-4,10H,2,5-9H2,1H3. The summed E-state index contributed by atoms with van der Waals surface area (Å²) in [4.78, 5) is 10.8. The fourth-order valence-corrected chi connectivity index (χ4v) is 1.95. The Balaban J connectivity index is 2.02. The van der Waals surface area contributed by atoms with Crippen molar-refractivity contribution in [1.29, 1.82) is 0 Å². The predicted molar refractivity (Wildman–Crippen MR) is 70.5 cm³/mol. The van der Waals surface area contributed by atoms with Crippen molar-refractivity contribution in [1.82, 2.24) is 9.97 Å². The summed E-state index contributed by atoms with van der Waals surface area (Å²) in [6.45, 7) is 4.89. The maximum absolute atomic E-state index is 5.82. The summed E-state index contributed by atoms with van der Waals surface area (Å²) in [6, 6.07) is 1.78. The number of alkyl halides is 1. The van der Waals surface area contributed by atoms with Gasteiger partial charge in [-0.25, -0.2) is 4.98 Å². The van der Waals surface area contributed by atoms with Crippen LogP contribution in [-0.4, -0.2) is 48.3 Å². The van der Waals surface area contributed by atoms with Gasteiger partial charge in [0.15, 0.2) is 0 Å². The predicted octanol–water partition coefficient (Wildman–Crippen LogP) is 1.71. The van der Waals surface area contributed by atoms with Crippen molar-refractivity contribution in [2.24, 2.45) is 0 Å². The van der Waals surface area contributed by atoms with Crippen molar-refractivity contribution in [2.75, 3.05) is 37.1 Å². The van der Waals surface area contributed by atoms with Gasteiger partial charge in [-0.1, -0.05) is 6.92 Å². The Morgan fingerprint density at radius 1 is 1.61 bits per heavy atom. The van der Waals surface area contributed by atoms with Gasteiger partial charge in [-0.15, -0.1) is 11.6 Å². The van der Waals surface area contributed by atoms with Gasteiger partial charge in [-0.3, -0.25) is 0 Å². The second-order valence-electron chi connectivity index (χ2n) is 4.14. The molecule has 2 rings (SSSR count). The van der Waals surface area contributed by atoms with Crippen LogP contribution in [-0.2, 0) is 4.74 Å². The number of nitrogens with zero attached hydrogens (tertiary/aromatic N) is 3. The van der Waals surface area contributed by atoms with Crippen molar-refractivity contribution >= 4 is 17.5 Å². The highest BCUT2D eigenvalue weighted by Crippen LogP contribution is 2.16. The largest absolute Gasteiger partial charge is 0.478 e. The van der Waals surface area contributed by atoms with Crippen LogP contribution in [0.1, 0.15) is 13.3 Å². The molecule has 1 aromatic heterocycles. The zero-order chi connectivity index (χ0) is 12.8. The van der Waals surface area contributed by atoms with Crippen LogP contribution >= 0.6 is 11.6 Å². The number of rotatable bonds is 5. The van der Waals surface area contributed by atoms with E-state index in [0.717, 1.165) is 19.5 Å². The quantitative estimate of drug-likeness (QED) is 0.763. The first-order valence-corrected chi connectivity index (χ1v) is 6.75.